The molecule has 0 aliphatic heterocycles. The SMILES string of the molecule is CC(NC(=O)/C(C#N)=C/c1cnn(Cc2ccccc2)c1)c1ccccc1. The normalized spacial score (nSPS) is 12.2. The Morgan fingerprint density at radius 2 is 1.85 bits per heavy atom. The molecule has 0 bridgehead atoms. The summed E-state index contributed by atoms with van der Waals surface area (Å²) in [5.41, 5.74) is 2.88. The number of nitrogens with one attached hydrogen (secondary N) is 1. The minimum Gasteiger partial charge on any atom is -0.345 e. The fourth-order valence-corrected chi connectivity index (χ4v) is 2.73. The van der Waals surface area contributed by atoms with Crippen molar-refractivity contribution >= 4 is 12.0 Å². The van der Waals surface area contributed by atoms with Crippen LogP contribution in [-0.2, 0) is 11.3 Å². The van der Waals surface area contributed by atoms with Gasteiger partial charge < -0.3 is 5.32 Å². The summed E-state index contributed by atoms with van der Waals surface area (Å²) in [6, 6.07) is 21.4. The average Bonchev–Trinajstić information content (AvgIpc) is 3.14. The highest BCUT2D eigenvalue weighted by molar-refractivity contribution is 6.01. The number of aromatic nitrogens is 2. The Bertz CT molecular complexity index is 968. The van der Waals surface area contributed by atoms with Gasteiger partial charge >= 0.3 is 0 Å². The first-order chi connectivity index (χ1) is 13.2. The summed E-state index contributed by atoms with van der Waals surface area (Å²) >= 11 is 0. The number of amides is 1. The van der Waals surface area contributed by atoms with Crippen LogP contribution in [0.2, 0.25) is 0 Å². The molecular weight excluding hydrogens is 336 g/mol. The number of nitriles is 1. The van der Waals surface area contributed by atoms with Gasteiger partial charge in [0.1, 0.15) is 11.6 Å². The lowest BCUT2D eigenvalue weighted by Gasteiger charge is -2.13. The summed E-state index contributed by atoms with van der Waals surface area (Å²) in [5, 5.41) is 16.5. The molecule has 1 amide bonds. The summed E-state index contributed by atoms with van der Waals surface area (Å²) < 4.78 is 1.78. The van der Waals surface area contributed by atoms with Crippen molar-refractivity contribution in [3.05, 3.63) is 95.3 Å². The third-order valence-corrected chi connectivity index (χ3v) is 4.16. The van der Waals surface area contributed by atoms with Crippen molar-refractivity contribution in [2.24, 2.45) is 0 Å². The van der Waals surface area contributed by atoms with E-state index in [9.17, 15) is 10.1 Å². The van der Waals surface area contributed by atoms with Crippen LogP contribution in [0.15, 0.2) is 78.6 Å². The van der Waals surface area contributed by atoms with Crippen molar-refractivity contribution in [3.63, 3.8) is 0 Å². The second kappa shape index (κ2) is 8.63. The molecule has 1 unspecified atom stereocenters. The van der Waals surface area contributed by atoms with E-state index in [-0.39, 0.29) is 11.6 Å². The molecule has 0 aliphatic carbocycles. The molecule has 0 saturated carbocycles. The van der Waals surface area contributed by atoms with Crippen LogP contribution < -0.4 is 5.32 Å². The quantitative estimate of drug-likeness (QED) is 0.540. The molecule has 1 N–H and O–H groups in total. The zero-order valence-electron chi connectivity index (χ0n) is 15.0. The highest BCUT2D eigenvalue weighted by Crippen LogP contribution is 2.13. The average molecular weight is 356 g/mol. The summed E-state index contributed by atoms with van der Waals surface area (Å²) in [5.74, 6) is -0.398. The number of carbonyl (C=O) groups excluding carboxylic acids is 1. The predicted molar refractivity (Wildman–Crippen MR) is 104 cm³/mol. The molecule has 1 aromatic heterocycles. The number of rotatable bonds is 6. The van der Waals surface area contributed by atoms with Gasteiger partial charge in [-0.15, -0.1) is 0 Å². The van der Waals surface area contributed by atoms with Gasteiger partial charge in [-0.3, -0.25) is 9.48 Å². The van der Waals surface area contributed by atoms with Crippen LogP contribution in [0.25, 0.3) is 6.08 Å². The van der Waals surface area contributed by atoms with Crippen LogP contribution in [0.3, 0.4) is 0 Å². The summed E-state index contributed by atoms with van der Waals surface area (Å²) in [6.45, 7) is 2.52. The standard InChI is InChI=1S/C22H20N4O/c1-17(20-10-6-3-7-11-20)25-22(27)21(13-23)12-19-14-24-26(16-19)15-18-8-4-2-5-9-18/h2-12,14,16-17H,15H2,1H3,(H,25,27)/b21-12+. The minimum absolute atomic E-state index is 0.0528. The monoisotopic (exact) mass is 356 g/mol. The van der Waals surface area contributed by atoms with Crippen molar-refractivity contribution in [1.82, 2.24) is 15.1 Å². The summed E-state index contributed by atoms with van der Waals surface area (Å²) in [4.78, 5) is 12.4. The van der Waals surface area contributed by atoms with E-state index < -0.39 is 5.91 Å². The Morgan fingerprint density at radius 1 is 1.19 bits per heavy atom. The topological polar surface area (TPSA) is 70.7 Å². The number of benzene rings is 2. The number of nitrogens with zero attached hydrogens (tertiary/aromatic N) is 3. The van der Waals surface area contributed by atoms with E-state index in [1.165, 1.54) is 0 Å². The molecule has 5 heteroatoms. The molecule has 0 saturated heterocycles. The van der Waals surface area contributed by atoms with Gasteiger partial charge in [-0.25, -0.2) is 0 Å². The molecule has 0 spiro atoms. The Balaban J connectivity index is 1.69. The first-order valence-corrected chi connectivity index (χ1v) is 8.69. The van der Waals surface area contributed by atoms with Gasteiger partial charge in [0.05, 0.1) is 18.8 Å². The highest BCUT2D eigenvalue weighted by atomic mass is 16.1. The van der Waals surface area contributed by atoms with Crippen molar-refractivity contribution in [2.45, 2.75) is 19.5 Å². The van der Waals surface area contributed by atoms with E-state index in [1.807, 2.05) is 79.9 Å². The van der Waals surface area contributed by atoms with Crippen molar-refractivity contribution < 1.29 is 4.79 Å². The molecule has 5 nitrogen and oxygen atoms in total. The van der Waals surface area contributed by atoms with Crippen molar-refractivity contribution in [1.29, 1.82) is 5.26 Å². The first-order valence-electron chi connectivity index (χ1n) is 8.69. The van der Waals surface area contributed by atoms with Crippen LogP contribution in [0.5, 0.6) is 0 Å². The lowest BCUT2D eigenvalue weighted by atomic mass is 10.1. The van der Waals surface area contributed by atoms with Crippen molar-refractivity contribution in [3.8, 4) is 6.07 Å². The Kier molecular flexibility index (Phi) is 5.80. The minimum atomic E-state index is -0.398. The second-order valence-electron chi connectivity index (χ2n) is 6.23. The molecule has 0 fully saturated rings. The molecule has 3 rings (SSSR count). The molecule has 1 atom stereocenters. The van der Waals surface area contributed by atoms with Gasteiger partial charge in [-0.2, -0.15) is 10.4 Å². The van der Waals surface area contributed by atoms with Crippen LogP contribution in [0, 0.1) is 11.3 Å². The fourth-order valence-electron chi connectivity index (χ4n) is 2.73. The molecule has 2 aromatic carbocycles. The third-order valence-electron chi connectivity index (χ3n) is 4.16. The number of hydrogen-bond acceptors (Lipinski definition) is 3. The fraction of sp³-hybridized carbons (Fsp3) is 0.136. The molecule has 1 heterocycles. The van der Waals surface area contributed by atoms with Gasteiger partial charge in [0.2, 0.25) is 0 Å². The maximum absolute atomic E-state index is 12.4. The van der Waals surface area contributed by atoms with Gasteiger partial charge in [-0.05, 0) is 24.1 Å². The molecule has 3 aromatic rings. The Morgan fingerprint density at radius 3 is 2.52 bits per heavy atom. The third kappa shape index (κ3) is 4.93. The first kappa shape index (κ1) is 18.2. The Labute approximate surface area is 158 Å². The van der Waals surface area contributed by atoms with E-state index in [4.69, 9.17) is 0 Å². The highest BCUT2D eigenvalue weighted by Gasteiger charge is 2.14. The summed E-state index contributed by atoms with van der Waals surface area (Å²) in [6.07, 6.45) is 5.02. The number of hydrogen-bond donors (Lipinski definition) is 1. The van der Waals surface area contributed by atoms with Gasteiger partial charge in [-0.1, -0.05) is 60.7 Å². The molecule has 0 radical (unpaired) electrons. The lowest BCUT2D eigenvalue weighted by molar-refractivity contribution is -0.117. The second-order valence-corrected chi connectivity index (χ2v) is 6.23. The van der Waals surface area contributed by atoms with Crippen LogP contribution in [0.4, 0.5) is 0 Å². The van der Waals surface area contributed by atoms with Gasteiger partial charge in [0.15, 0.2) is 0 Å². The van der Waals surface area contributed by atoms with E-state index in [2.05, 4.69) is 10.4 Å². The van der Waals surface area contributed by atoms with Crippen LogP contribution >= 0.6 is 0 Å². The Hall–Kier alpha value is -3.65. The van der Waals surface area contributed by atoms with E-state index in [1.54, 1.807) is 17.0 Å². The molecular formula is C22H20N4O. The largest absolute Gasteiger partial charge is 0.345 e. The van der Waals surface area contributed by atoms with E-state index >= 15 is 0 Å². The van der Waals surface area contributed by atoms with E-state index in [0.29, 0.717) is 12.1 Å². The van der Waals surface area contributed by atoms with Crippen molar-refractivity contribution in [2.75, 3.05) is 0 Å². The van der Waals surface area contributed by atoms with Gasteiger partial charge in [0, 0.05) is 11.8 Å². The maximum Gasteiger partial charge on any atom is 0.262 e. The summed E-state index contributed by atoms with van der Waals surface area (Å²) in [7, 11) is 0. The molecule has 0 aliphatic rings. The lowest BCUT2D eigenvalue weighted by Crippen LogP contribution is -2.27. The van der Waals surface area contributed by atoms with E-state index in [0.717, 1.165) is 11.1 Å². The molecule has 134 valence electrons. The number of carbonyl (C=O) groups is 1. The zero-order chi connectivity index (χ0) is 19.1. The zero-order valence-corrected chi connectivity index (χ0v) is 15.0. The predicted octanol–water partition coefficient (Wildman–Crippen LogP) is 3.72. The maximum atomic E-state index is 12.4. The molecule has 27 heavy (non-hydrogen) atoms. The van der Waals surface area contributed by atoms with Gasteiger partial charge in [0.25, 0.3) is 5.91 Å². The smallest absolute Gasteiger partial charge is 0.262 e. The van der Waals surface area contributed by atoms with Crippen LogP contribution in [0.1, 0.15) is 29.7 Å². The van der Waals surface area contributed by atoms with Crippen LogP contribution in [-0.4, -0.2) is 15.7 Å².